The lowest BCUT2D eigenvalue weighted by Crippen LogP contribution is -2.48. The van der Waals surface area contributed by atoms with Gasteiger partial charge in [-0.25, -0.2) is 9.97 Å². The van der Waals surface area contributed by atoms with Crippen LogP contribution in [0.1, 0.15) is 5.82 Å². The van der Waals surface area contributed by atoms with Crippen LogP contribution in [0.2, 0.25) is 0 Å². The summed E-state index contributed by atoms with van der Waals surface area (Å²) in [4.78, 5) is 11.4. The number of nitrogens with zero attached hydrogens (tertiary/aromatic N) is 4. The molecule has 5 heteroatoms. The number of anilines is 1. The van der Waals surface area contributed by atoms with Crippen molar-refractivity contribution in [2.24, 2.45) is 5.92 Å². The van der Waals surface area contributed by atoms with Crippen molar-refractivity contribution in [1.82, 2.24) is 14.5 Å². The third-order valence-electron chi connectivity index (χ3n) is 4.17. The molecular formula is C17H18N4S. The summed E-state index contributed by atoms with van der Waals surface area (Å²) in [5.41, 5.74) is 2.27. The smallest absolute Gasteiger partial charge is 0.185 e. The Hall–Kier alpha value is -2.14. The first-order chi connectivity index (χ1) is 10.8. The van der Waals surface area contributed by atoms with E-state index in [-0.39, 0.29) is 0 Å². The number of benzene rings is 1. The summed E-state index contributed by atoms with van der Waals surface area (Å²) in [6.45, 7) is 5.28. The highest BCUT2D eigenvalue weighted by molar-refractivity contribution is 7.14. The maximum atomic E-state index is 4.78. The molecule has 3 heterocycles. The highest BCUT2D eigenvalue weighted by Crippen LogP contribution is 2.32. The van der Waals surface area contributed by atoms with Crippen LogP contribution in [0.4, 0.5) is 5.13 Å². The van der Waals surface area contributed by atoms with Crippen molar-refractivity contribution >= 4 is 16.5 Å². The number of aryl methyl sites for hydroxylation is 1. The van der Waals surface area contributed by atoms with Gasteiger partial charge in [0.05, 0.1) is 5.69 Å². The molecule has 0 amide bonds. The van der Waals surface area contributed by atoms with Gasteiger partial charge in [0.15, 0.2) is 5.13 Å². The van der Waals surface area contributed by atoms with E-state index in [1.807, 2.05) is 12.3 Å². The molecule has 4 rings (SSSR count). The molecule has 0 N–H and O–H groups in total. The quantitative estimate of drug-likeness (QED) is 0.740. The second-order valence-electron chi connectivity index (χ2n) is 5.78. The van der Waals surface area contributed by atoms with Gasteiger partial charge in [-0.1, -0.05) is 30.3 Å². The highest BCUT2D eigenvalue weighted by Gasteiger charge is 2.29. The molecule has 112 valence electrons. The molecule has 2 aromatic heterocycles. The van der Waals surface area contributed by atoms with Crippen molar-refractivity contribution < 1.29 is 0 Å². The molecule has 1 aromatic carbocycles. The van der Waals surface area contributed by atoms with Gasteiger partial charge in [0, 0.05) is 48.9 Å². The Kier molecular flexibility index (Phi) is 3.42. The number of rotatable bonds is 4. The first-order valence-corrected chi connectivity index (χ1v) is 8.41. The lowest BCUT2D eigenvalue weighted by Gasteiger charge is -2.39. The normalized spacial score (nSPS) is 15.0. The molecule has 1 aliphatic rings. The maximum absolute atomic E-state index is 4.78. The molecule has 0 aliphatic carbocycles. The zero-order valence-corrected chi connectivity index (χ0v) is 13.3. The Morgan fingerprint density at radius 2 is 2.05 bits per heavy atom. The van der Waals surface area contributed by atoms with E-state index >= 15 is 0 Å². The SMILES string of the molecule is Cc1nccn1CC1CN(c2nc(-c3ccccc3)cs2)C1. The summed E-state index contributed by atoms with van der Waals surface area (Å²) >= 11 is 1.74. The fourth-order valence-corrected chi connectivity index (χ4v) is 3.72. The Labute approximate surface area is 134 Å². The molecule has 0 saturated carbocycles. The third-order valence-corrected chi connectivity index (χ3v) is 5.07. The van der Waals surface area contributed by atoms with Gasteiger partial charge in [0.25, 0.3) is 0 Å². The van der Waals surface area contributed by atoms with Crippen molar-refractivity contribution in [1.29, 1.82) is 0 Å². The minimum Gasteiger partial charge on any atom is -0.347 e. The van der Waals surface area contributed by atoms with Gasteiger partial charge in [-0.2, -0.15) is 0 Å². The van der Waals surface area contributed by atoms with Crippen molar-refractivity contribution in [3.63, 3.8) is 0 Å². The van der Waals surface area contributed by atoms with Crippen LogP contribution in [0.3, 0.4) is 0 Å². The zero-order valence-electron chi connectivity index (χ0n) is 12.5. The van der Waals surface area contributed by atoms with Crippen molar-refractivity contribution in [2.75, 3.05) is 18.0 Å². The standard InChI is InChI=1S/C17H18N4S/c1-13-18-7-8-20(13)9-14-10-21(11-14)17-19-16(12-22-17)15-5-3-2-4-6-15/h2-8,12,14H,9-11H2,1H3. The molecule has 0 unspecified atom stereocenters. The fraction of sp³-hybridized carbons (Fsp3) is 0.294. The van der Waals surface area contributed by atoms with E-state index < -0.39 is 0 Å². The topological polar surface area (TPSA) is 34.0 Å². The molecule has 1 fully saturated rings. The first kappa shape index (κ1) is 13.5. The summed E-state index contributed by atoms with van der Waals surface area (Å²) in [6, 6.07) is 10.4. The molecule has 1 saturated heterocycles. The average Bonchev–Trinajstić information content (AvgIpc) is 3.13. The predicted octanol–water partition coefficient (Wildman–Crippen LogP) is 3.45. The van der Waals surface area contributed by atoms with Crippen LogP contribution in [0.25, 0.3) is 11.3 Å². The number of hydrogen-bond acceptors (Lipinski definition) is 4. The van der Waals surface area contributed by atoms with Crippen LogP contribution >= 0.6 is 11.3 Å². The van der Waals surface area contributed by atoms with Gasteiger partial charge >= 0.3 is 0 Å². The van der Waals surface area contributed by atoms with E-state index in [9.17, 15) is 0 Å². The minimum absolute atomic E-state index is 0.692. The lowest BCUT2D eigenvalue weighted by molar-refractivity contribution is 0.354. The van der Waals surface area contributed by atoms with Crippen molar-refractivity contribution in [3.05, 3.63) is 53.9 Å². The second-order valence-corrected chi connectivity index (χ2v) is 6.62. The van der Waals surface area contributed by atoms with Crippen molar-refractivity contribution in [3.8, 4) is 11.3 Å². The van der Waals surface area contributed by atoms with E-state index in [1.54, 1.807) is 11.3 Å². The highest BCUT2D eigenvalue weighted by atomic mass is 32.1. The molecule has 0 radical (unpaired) electrons. The van der Waals surface area contributed by atoms with Crippen molar-refractivity contribution in [2.45, 2.75) is 13.5 Å². The monoisotopic (exact) mass is 310 g/mol. The molecule has 0 bridgehead atoms. The van der Waals surface area contributed by atoms with E-state index in [2.05, 4.69) is 57.2 Å². The second kappa shape index (κ2) is 5.57. The molecule has 3 aromatic rings. The molecular weight excluding hydrogens is 292 g/mol. The van der Waals surface area contributed by atoms with Gasteiger partial charge < -0.3 is 9.47 Å². The van der Waals surface area contributed by atoms with Gasteiger partial charge in [0.1, 0.15) is 5.82 Å². The zero-order chi connectivity index (χ0) is 14.9. The summed E-state index contributed by atoms with van der Waals surface area (Å²) in [6.07, 6.45) is 3.94. The summed E-state index contributed by atoms with van der Waals surface area (Å²) in [5.74, 6) is 1.79. The van der Waals surface area contributed by atoms with Gasteiger partial charge in [-0.3, -0.25) is 0 Å². The van der Waals surface area contributed by atoms with Gasteiger partial charge in [-0.15, -0.1) is 11.3 Å². The Morgan fingerprint density at radius 1 is 1.23 bits per heavy atom. The Balaban J connectivity index is 1.39. The van der Waals surface area contributed by atoms with Crippen LogP contribution in [-0.2, 0) is 6.54 Å². The molecule has 0 atom stereocenters. The van der Waals surface area contributed by atoms with Crippen LogP contribution in [-0.4, -0.2) is 27.6 Å². The van der Waals surface area contributed by atoms with Gasteiger partial charge in [-0.05, 0) is 6.92 Å². The number of hydrogen-bond donors (Lipinski definition) is 0. The first-order valence-electron chi connectivity index (χ1n) is 7.53. The fourth-order valence-electron chi connectivity index (χ4n) is 2.87. The number of aromatic nitrogens is 3. The molecule has 22 heavy (non-hydrogen) atoms. The van der Waals surface area contributed by atoms with Crippen LogP contribution in [0.5, 0.6) is 0 Å². The maximum Gasteiger partial charge on any atom is 0.185 e. The number of thiazole rings is 1. The van der Waals surface area contributed by atoms with E-state index in [0.717, 1.165) is 36.3 Å². The average molecular weight is 310 g/mol. The Bertz CT molecular complexity index is 756. The third kappa shape index (κ3) is 2.52. The Morgan fingerprint density at radius 3 is 2.77 bits per heavy atom. The van der Waals surface area contributed by atoms with E-state index in [1.165, 1.54) is 5.56 Å². The summed E-state index contributed by atoms with van der Waals surface area (Å²) < 4.78 is 2.24. The molecule has 4 nitrogen and oxygen atoms in total. The minimum atomic E-state index is 0.692. The lowest BCUT2D eigenvalue weighted by atomic mass is 10.0. The van der Waals surface area contributed by atoms with Crippen LogP contribution in [0, 0.1) is 12.8 Å². The largest absolute Gasteiger partial charge is 0.347 e. The van der Waals surface area contributed by atoms with Gasteiger partial charge in [0.2, 0.25) is 0 Å². The summed E-state index contributed by atoms with van der Waals surface area (Å²) in [7, 11) is 0. The van der Waals surface area contributed by atoms with Crippen LogP contribution < -0.4 is 4.90 Å². The predicted molar refractivity (Wildman–Crippen MR) is 90.2 cm³/mol. The van der Waals surface area contributed by atoms with E-state index in [4.69, 9.17) is 4.98 Å². The number of imidazole rings is 1. The van der Waals surface area contributed by atoms with Crippen LogP contribution in [0.15, 0.2) is 48.1 Å². The van der Waals surface area contributed by atoms with E-state index in [0.29, 0.717) is 5.92 Å². The summed E-state index contributed by atoms with van der Waals surface area (Å²) in [5, 5.41) is 3.29. The molecule has 1 aliphatic heterocycles. The molecule has 0 spiro atoms.